The van der Waals surface area contributed by atoms with Gasteiger partial charge in [-0.3, -0.25) is 14.6 Å². The summed E-state index contributed by atoms with van der Waals surface area (Å²) in [6, 6.07) is 7.32. The number of benzene rings is 1. The van der Waals surface area contributed by atoms with Gasteiger partial charge < -0.3 is 15.5 Å². The lowest BCUT2D eigenvalue weighted by Gasteiger charge is -2.29. The van der Waals surface area contributed by atoms with Gasteiger partial charge in [0.2, 0.25) is 0 Å². The largest absolute Gasteiger partial charge is 0.348 e. The maximum Gasteiger partial charge on any atom is 0.271 e. The number of hydrogen-bond donors (Lipinski definition) is 2. The molecule has 2 amide bonds. The minimum absolute atomic E-state index is 0.126. The number of nitrogens with one attached hydrogen (secondary N) is 2. The van der Waals surface area contributed by atoms with E-state index in [1.807, 2.05) is 19.1 Å². The Bertz CT molecular complexity index is 671. The predicted molar refractivity (Wildman–Crippen MR) is 99.8 cm³/mol. The highest BCUT2D eigenvalue weighted by Gasteiger charge is 2.22. The van der Waals surface area contributed by atoms with Gasteiger partial charge in [-0.15, -0.1) is 0 Å². The molecule has 1 fully saturated rings. The normalized spacial score (nSPS) is 16.4. The fourth-order valence-corrected chi connectivity index (χ4v) is 2.75. The number of carbonyl (C=O) groups excluding carboxylic acids is 2. The highest BCUT2D eigenvalue weighted by atomic mass is 16.2. The second-order valence-corrected chi connectivity index (χ2v) is 6.42. The van der Waals surface area contributed by atoms with E-state index in [1.54, 1.807) is 12.1 Å². The summed E-state index contributed by atoms with van der Waals surface area (Å²) in [5.74, 6) is -0.607. The number of amides is 2. The van der Waals surface area contributed by atoms with Crippen molar-refractivity contribution in [2.75, 3.05) is 27.2 Å². The summed E-state index contributed by atoms with van der Waals surface area (Å²) in [5, 5.41) is 5.64. The van der Waals surface area contributed by atoms with Crippen molar-refractivity contribution in [1.29, 1.82) is 0 Å². The van der Waals surface area contributed by atoms with Crippen molar-refractivity contribution in [3.8, 4) is 0 Å². The molecule has 6 heteroatoms. The molecule has 2 rings (SSSR count). The highest BCUT2D eigenvalue weighted by Crippen LogP contribution is 2.09. The van der Waals surface area contributed by atoms with E-state index in [-0.39, 0.29) is 29.3 Å². The highest BCUT2D eigenvalue weighted by molar-refractivity contribution is 6.45. The van der Waals surface area contributed by atoms with Crippen LogP contribution < -0.4 is 10.6 Å². The molecule has 0 spiro atoms. The number of likely N-dealkylation sites (tertiary alicyclic amines) is 1. The van der Waals surface area contributed by atoms with Gasteiger partial charge >= 0.3 is 0 Å². The molecule has 1 aliphatic heterocycles. The molecule has 2 N–H and O–H groups in total. The van der Waals surface area contributed by atoms with Crippen LogP contribution in [0.15, 0.2) is 41.5 Å². The van der Waals surface area contributed by atoms with Gasteiger partial charge in [-0.1, -0.05) is 24.3 Å². The van der Waals surface area contributed by atoms with Crippen LogP contribution in [0.3, 0.4) is 0 Å². The lowest BCUT2D eigenvalue weighted by atomic mass is 10.1. The Kier molecular flexibility index (Phi) is 6.47. The van der Waals surface area contributed by atoms with E-state index < -0.39 is 0 Å². The third-order valence-corrected chi connectivity index (χ3v) is 4.36. The van der Waals surface area contributed by atoms with Crippen LogP contribution in [0, 0.1) is 6.92 Å². The maximum atomic E-state index is 12.5. The summed E-state index contributed by atoms with van der Waals surface area (Å²) >= 11 is 0. The standard InChI is InChI=1S/C19H26N4O2/c1-13-5-7-15(8-6-13)18(24)21-14(2)17(20-3)19(25)22-16-9-11-23(4)12-10-16/h5-8,16H,2,9-12H2,1,3-4H3,(H,21,24)(H,22,25). The van der Waals surface area contributed by atoms with Crippen LogP contribution in [0.5, 0.6) is 0 Å². The van der Waals surface area contributed by atoms with E-state index in [0.29, 0.717) is 5.56 Å². The molecule has 1 aromatic carbocycles. The molecule has 25 heavy (non-hydrogen) atoms. The monoisotopic (exact) mass is 342 g/mol. The third-order valence-electron chi connectivity index (χ3n) is 4.36. The zero-order chi connectivity index (χ0) is 18.4. The number of carbonyl (C=O) groups is 2. The fourth-order valence-electron chi connectivity index (χ4n) is 2.75. The molecule has 0 atom stereocenters. The van der Waals surface area contributed by atoms with Crippen molar-refractivity contribution in [3.63, 3.8) is 0 Å². The van der Waals surface area contributed by atoms with Gasteiger partial charge in [0.05, 0.1) is 5.70 Å². The number of aliphatic imine (C=N–C) groups is 1. The number of piperidine rings is 1. The summed E-state index contributed by atoms with van der Waals surface area (Å²) < 4.78 is 0. The Morgan fingerprint density at radius 2 is 1.80 bits per heavy atom. The van der Waals surface area contributed by atoms with Gasteiger partial charge in [0.25, 0.3) is 11.8 Å². The number of rotatable bonds is 5. The zero-order valence-corrected chi connectivity index (χ0v) is 15.1. The summed E-state index contributed by atoms with van der Waals surface area (Å²) in [7, 11) is 3.59. The minimum atomic E-state index is -0.307. The van der Waals surface area contributed by atoms with Crippen molar-refractivity contribution in [2.24, 2.45) is 4.99 Å². The number of hydrogen-bond acceptors (Lipinski definition) is 4. The molecular weight excluding hydrogens is 316 g/mol. The van der Waals surface area contributed by atoms with Crippen LogP contribution in [0.2, 0.25) is 0 Å². The topological polar surface area (TPSA) is 73.8 Å². The van der Waals surface area contributed by atoms with Gasteiger partial charge in [-0.05, 0) is 52.0 Å². The van der Waals surface area contributed by atoms with Crippen LogP contribution in [-0.4, -0.2) is 55.7 Å². The third kappa shape index (κ3) is 5.26. The smallest absolute Gasteiger partial charge is 0.271 e. The predicted octanol–water partition coefficient (Wildman–Crippen LogP) is 1.52. The molecule has 0 aromatic heterocycles. The van der Waals surface area contributed by atoms with Crippen molar-refractivity contribution in [1.82, 2.24) is 15.5 Å². The average molecular weight is 342 g/mol. The van der Waals surface area contributed by atoms with E-state index in [2.05, 4.69) is 34.2 Å². The first-order valence-corrected chi connectivity index (χ1v) is 8.44. The van der Waals surface area contributed by atoms with Gasteiger partial charge in [-0.2, -0.15) is 0 Å². The van der Waals surface area contributed by atoms with Crippen molar-refractivity contribution in [3.05, 3.63) is 47.7 Å². The Balaban J connectivity index is 1.94. The van der Waals surface area contributed by atoms with E-state index in [1.165, 1.54) is 7.05 Å². The van der Waals surface area contributed by atoms with E-state index in [0.717, 1.165) is 31.5 Å². The second-order valence-electron chi connectivity index (χ2n) is 6.42. The van der Waals surface area contributed by atoms with Crippen molar-refractivity contribution >= 4 is 17.5 Å². The van der Waals surface area contributed by atoms with Crippen LogP contribution >= 0.6 is 0 Å². The second kappa shape index (κ2) is 8.58. The van der Waals surface area contributed by atoms with Crippen LogP contribution in [-0.2, 0) is 4.79 Å². The van der Waals surface area contributed by atoms with Gasteiger partial charge in [0.15, 0.2) is 0 Å². The fraction of sp³-hybridized carbons (Fsp3) is 0.421. The van der Waals surface area contributed by atoms with Crippen LogP contribution in [0.25, 0.3) is 0 Å². The van der Waals surface area contributed by atoms with Gasteiger partial charge in [0, 0.05) is 18.7 Å². The van der Waals surface area contributed by atoms with Gasteiger partial charge in [0.1, 0.15) is 5.71 Å². The first-order chi connectivity index (χ1) is 11.9. The Hall–Kier alpha value is -2.47. The maximum absolute atomic E-state index is 12.5. The molecule has 134 valence electrons. The minimum Gasteiger partial charge on any atom is -0.348 e. The molecule has 0 unspecified atom stereocenters. The molecule has 0 radical (unpaired) electrons. The first kappa shape index (κ1) is 18.9. The summed E-state index contributed by atoms with van der Waals surface area (Å²) in [6.07, 6.45) is 1.81. The van der Waals surface area contributed by atoms with Crippen LogP contribution in [0.4, 0.5) is 0 Å². The lowest BCUT2D eigenvalue weighted by Crippen LogP contribution is -2.47. The molecular formula is C19H26N4O2. The molecule has 1 saturated heterocycles. The molecule has 0 saturated carbocycles. The molecule has 0 bridgehead atoms. The summed E-state index contributed by atoms with van der Waals surface area (Å²) in [6.45, 7) is 7.66. The Morgan fingerprint density at radius 1 is 1.20 bits per heavy atom. The number of nitrogens with zero attached hydrogens (tertiary/aromatic N) is 2. The molecule has 0 aliphatic carbocycles. The van der Waals surface area contributed by atoms with Gasteiger partial charge in [-0.25, -0.2) is 0 Å². The average Bonchev–Trinajstić information content (AvgIpc) is 2.58. The first-order valence-electron chi connectivity index (χ1n) is 8.44. The summed E-state index contributed by atoms with van der Waals surface area (Å²) in [5.41, 5.74) is 1.94. The van der Waals surface area contributed by atoms with E-state index >= 15 is 0 Å². The van der Waals surface area contributed by atoms with Crippen molar-refractivity contribution in [2.45, 2.75) is 25.8 Å². The Morgan fingerprint density at radius 3 is 2.36 bits per heavy atom. The lowest BCUT2D eigenvalue weighted by molar-refractivity contribution is -0.115. The summed E-state index contributed by atoms with van der Waals surface area (Å²) in [4.78, 5) is 31.0. The SMILES string of the molecule is C=C(NC(=O)c1ccc(C)cc1)C(=NC)C(=O)NC1CCN(C)CC1. The number of aryl methyl sites for hydroxylation is 1. The molecule has 1 aromatic rings. The van der Waals surface area contributed by atoms with E-state index in [9.17, 15) is 9.59 Å². The van der Waals surface area contributed by atoms with E-state index in [4.69, 9.17) is 0 Å². The van der Waals surface area contributed by atoms with Crippen LogP contribution in [0.1, 0.15) is 28.8 Å². The van der Waals surface area contributed by atoms with Crippen molar-refractivity contribution < 1.29 is 9.59 Å². The Labute approximate surface area is 149 Å². The molecule has 1 aliphatic rings. The zero-order valence-electron chi connectivity index (χ0n) is 15.1. The molecule has 1 heterocycles. The molecule has 6 nitrogen and oxygen atoms in total. The quantitative estimate of drug-likeness (QED) is 0.797.